The van der Waals surface area contributed by atoms with Crippen LogP contribution in [0.1, 0.15) is 36.0 Å². The van der Waals surface area contributed by atoms with E-state index in [4.69, 9.17) is 14.2 Å². The second-order valence-corrected chi connectivity index (χ2v) is 10.4. The quantitative estimate of drug-likeness (QED) is 0.490. The number of fused-ring (bicyclic) bond motifs is 4. The summed E-state index contributed by atoms with van der Waals surface area (Å²) >= 11 is 0. The molecule has 37 heavy (non-hydrogen) atoms. The van der Waals surface area contributed by atoms with E-state index in [0.29, 0.717) is 6.04 Å². The number of hydrogen-bond acceptors (Lipinski definition) is 5. The largest absolute Gasteiger partial charge is 0.493 e. The number of aromatic nitrogens is 1. The molecule has 7 heteroatoms. The third kappa shape index (κ3) is 4.77. The highest BCUT2D eigenvalue weighted by Crippen LogP contribution is 2.40. The van der Waals surface area contributed by atoms with Gasteiger partial charge in [-0.05, 0) is 86.0 Å². The molecule has 2 aromatic carbocycles. The van der Waals surface area contributed by atoms with Crippen LogP contribution in [0.2, 0.25) is 0 Å². The zero-order valence-corrected chi connectivity index (χ0v) is 21.8. The summed E-state index contributed by atoms with van der Waals surface area (Å²) in [6.07, 6.45) is 8.24. The average Bonchev–Trinajstić information content (AvgIpc) is 3.35. The molecular formula is C30H36FN3O3. The van der Waals surface area contributed by atoms with E-state index in [9.17, 15) is 4.39 Å². The van der Waals surface area contributed by atoms with Gasteiger partial charge in [0, 0.05) is 49.2 Å². The molecule has 196 valence electrons. The molecule has 6 nitrogen and oxygen atoms in total. The molecule has 0 saturated carbocycles. The number of nitrogens with one attached hydrogen (secondary N) is 1. The van der Waals surface area contributed by atoms with Crippen molar-refractivity contribution in [2.75, 3.05) is 45.4 Å². The van der Waals surface area contributed by atoms with Crippen molar-refractivity contribution >= 4 is 5.69 Å². The number of benzene rings is 2. The zero-order chi connectivity index (χ0) is 25.4. The number of ether oxygens (including phenoxy) is 3. The van der Waals surface area contributed by atoms with E-state index in [1.54, 1.807) is 26.4 Å². The second-order valence-electron chi connectivity index (χ2n) is 10.4. The lowest BCUT2D eigenvalue weighted by Gasteiger charge is -2.36. The van der Waals surface area contributed by atoms with Crippen LogP contribution in [0.4, 0.5) is 10.1 Å². The number of hydrogen-bond donors (Lipinski definition) is 1. The van der Waals surface area contributed by atoms with Gasteiger partial charge in [-0.1, -0.05) is 0 Å². The first-order valence-electron chi connectivity index (χ1n) is 13.5. The number of rotatable bonds is 7. The maximum Gasteiger partial charge on any atom is 0.161 e. The maximum atomic E-state index is 14.2. The van der Waals surface area contributed by atoms with E-state index < -0.39 is 0 Å². The summed E-state index contributed by atoms with van der Waals surface area (Å²) in [4.78, 5) is 2.30. The van der Waals surface area contributed by atoms with Gasteiger partial charge >= 0.3 is 0 Å². The van der Waals surface area contributed by atoms with Crippen LogP contribution in [-0.4, -0.2) is 51.1 Å². The number of halogens is 1. The Hall–Kier alpha value is -3.19. The molecule has 0 unspecified atom stereocenters. The topological polar surface area (TPSA) is 47.9 Å². The van der Waals surface area contributed by atoms with Gasteiger partial charge in [-0.3, -0.25) is 0 Å². The second kappa shape index (κ2) is 10.3. The third-order valence-corrected chi connectivity index (χ3v) is 8.09. The van der Waals surface area contributed by atoms with Gasteiger partial charge in [0.15, 0.2) is 11.5 Å². The Labute approximate surface area is 218 Å². The van der Waals surface area contributed by atoms with Crippen molar-refractivity contribution in [2.24, 2.45) is 0 Å². The van der Waals surface area contributed by atoms with Crippen molar-refractivity contribution < 1.29 is 18.6 Å². The maximum absolute atomic E-state index is 14.2. The first kappa shape index (κ1) is 24.2. The molecule has 6 rings (SSSR count). The number of methoxy groups -OCH3 is 2. The van der Waals surface area contributed by atoms with Crippen LogP contribution in [-0.2, 0) is 25.8 Å². The summed E-state index contributed by atoms with van der Waals surface area (Å²) < 4.78 is 33.6. The lowest BCUT2D eigenvalue weighted by Crippen LogP contribution is -2.43. The van der Waals surface area contributed by atoms with Crippen molar-refractivity contribution in [2.45, 2.75) is 51.1 Å². The van der Waals surface area contributed by atoms with Gasteiger partial charge in [0.25, 0.3) is 0 Å². The summed E-state index contributed by atoms with van der Waals surface area (Å²) in [5, 5.41) is 3.77. The minimum atomic E-state index is -0.157. The van der Waals surface area contributed by atoms with Crippen molar-refractivity contribution in [1.29, 1.82) is 0 Å². The van der Waals surface area contributed by atoms with Gasteiger partial charge in [-0.15, -0.1) is 0 Å². The highest BCUT2D eigenvalue weighted by molar-refractivity contribution is 5.71. The molecule has 3 aliphatic rings. The predicted octanol–water partition coefficient (Wildman–Crippen LogP) is 4.99. The molecule has 1 aromatic heterocycles. The predicted molar refractivity (Wildman–Crippen MR) is 144 cm³/mol. The summed E-state index contributed by atoms with van der Waals surface area (Å²) in [7, 11) is 3.38. The van der Waals surface area contributed by atoms with Gasteiger partial charge in [-0.2, -0.15) is 0 Å². The Morgan fingerprint density at radius 2 is 1.78 bits per heavy atom. The highest BCUT2D eigenvalue weighted by Gasteiger charge is 2.25. The molecule has 0 atom stereocenters. The molecule has 3 aromatic rings. The van der Waals surface area contributed by atoms with Crippen molar-refractivity contribution in [1.82, 2.24) is 9.88 Å². The first-order valence-corrected chi connectivity index (χ1v) is 13.5. The minimum Gasteiger partial charge on any atom is -0.493 e. The van der Waals surface area contributed by atoms with Gasteiger partial charge in [0.1, 0.15) is 11.6 Å². The summed E-state index contributed by atoms with van der Waals surface area (Å²) in [5.41, 5.74) is 7.10. The van der Waals surface area contributed by atoms with E-state index in [1.807, 2.05) is 0 Å². The molecule has 1 saturated heterocycles. The fourth-order valence-electron chi connectivity index (χ4n) is 6.13. The smallest absolute Gasteiger partial charge is 0.161 e. The van der Waals surface area contributed by atoms with Crippen LogP contribution in [0.25, 0.3) is 11.3 Å². The van der Waals surface area contributed by atoms with Crippen LogP contribution in [0.5, 0.6) is 17.2 Å². The molecule has 0 spiro atoms. The summed E-state index contributed by atoms with van der Waals surface area (Å²) in [6, 6.07) is 10.3. The Kier molecular flexibility index (Phi) is 6.72. The molecule has 0 aliphatic carbocycles. The fraction of sp³-hybridized carbons (Fsp3) is 0.467. The van der Waals surface area contributed by atoms with E-state index in [0.717, 1.165) is 99.8 Å². The van der Waals surface area contributed by atoms with E-state index in [-0.39, 0.29) is 5.82 Å². The van der Waals surface area contributed by atoms with Crippen LogP contribution in [0.15, 0.2) is 36.5 Å². The molecule has 0 radical (unpaired) electrons. The van der Waals surface area contributed by atoms with E-state index >= 15 is 0 Å². The molecular weight excluding hydrogens is 469 g/mol. The number of aryl methyl sites for hydroxylation is 3. The number of nitrogens with zero attached hydrogens (tertiary/aromatic N) is 2. The highest BCUT2D eigenvalue weighted by atomic mass is 19.1. The van der Waals surface area contributed by atoms with E-state index in [2.05, 4.69) is 39.2 Å². The Morgan fingerprint density at radius 3 is 2.59 bits per heavy atom. The number of anilines is 1. The van der Waals surface area contributed by atoms with Gasteiger partial charge < -0.3 is 29.0 Å². The number of piperidine rings is 1. The molecule has 3 aliphatic heterocycles. The first-order chi connectivity index (χ1) is 18.1. The average molecular weight is 506 g/mol. The van der Waals surface area contributed by atoms with Crippen molar-refractivity contribution in [3.63, 3.8) is 0 Å². The molecule has 1 fully saturated rings. The van der Waals surface area contributed by atoms with Crippen LogP contribution in [0, 0.1) is 5.82 Å². The van der Waals surface area contributed by atoms with Gasteiger partial charge in [0.2, 0.25) is 0 Å². The van der Waals surface area contributed by atoms with Gasteiger partial charge in [-0.25, -0.2) is 4.39 Å². The van der Waals surface area contributed by atoms with E-state index in [1.165, 1.54) is 22.4 Å². The SMILES string of the molecule is COc1cc2c(cc1OC)-c1cc(CCNC3CCN(c4cc(F)cc5c4OCCC5)CC3)cn1CC2. The standard InChI is InChI=1S/C30H36FN3O3/c1-35-28-16-21-6-10-34-19-20(14-26(34)25(21)18-29(28)36-2)5-9-32-24-7-11-33(12-8-24)27-17-23(31)15-22-4-3-13-37-30(22)27/h14-19,24,32H,3-13H2,1-2H3. The lowest BCUT2D eigenvalue weighted by molar-refractivity contribution is 0.287. The van der Waals surface area contributed by atoms with Crippen molar-refractivity contribution in [3.05, 3.63) is 59.0 Å². The molecule has 0 bridgehead atoms. The Morgan fingerprint density at radius 1 is 0.973 bits per heavy atom. The summed E-state index contributed by atoms with van der Waals surface area (Å²) in [5.74, 6) is 2.31. The summed E-state index contributed by atoms with van der Waals surface area (Å²) in [6.45, 7) is 4.49. The van der Waals surface area contributed by atoms with Crippen LogP contribution < -0.4 is 24.4 Å². The Balaban J connectivity index is 1.05. The minimum absolute atomic E-state index is 0.157. The van der Waals surface area contributed by atoms with Gasteiger partial charge in [0.05, 0.1) is 26.5 Å². The van der Waals surface area contributed by atoms with Crippen LogP contribution in [0.3, 0.4) is 0 Å². The third-order valence-electron chi connectivity index (χ3n) is 8.09. The van der Waals surface area contributed by atoms with Crippen LogP contribution >= 0.6 is 0 Å². The Bertz CT molecular complexity index is 1280. The lowest BCUT2D eigenvalue weighted by atomic mass is 9.97. The molecule has 4 heterocycles. The fourth-order valence-corrected chi connectivity index (χ4v) is 6.13. The molecule has 1 N–H and O–H groups in total. The zero-order valence-electron chi connectivity index (χ0n) is 21.8. The molecule has 0 amide bonds. The monoisotopic (exact) mass is 505 g/mol. The van der Waals surface area contributed by atoms with Crippen molar-refractivity contribution in [3.8, 4) is 28.5 Å². The normalized spacial score (nSPS) is 17.0.